The van der Waals surface area contributed by atoms with E-state index in [0.29, 0.717) is 17.5 Å². The Labute approximate surface area is 165 Å². The standard InChI is InChI=1S/C22H26N2O4/c1-21(2,3)28-20(27)24-17-10-8-7-9-15(17)16(11-12-23-6)19(24)18(26)13-22(4,5)14-25/h7-10,14H,11-13H2,1-5H3. The zero-order valence-corrected chi connectivity index (χ0v) is 17.0. The van der Waals surface area contributed by atoms with Crippen molar-refractivity contribution in [3.8, 4) is 0 Å². The fraction of sp³-hybridized carbons (Fsp3) is 0.455. The van der Waals surface area contributed by atoms with Crippen LogP contribution >= 0.6 is 0 Å². The number of aromatic nitrogens is 1. The molecule has 0 aliphatic rings. The maximum atomic E-state index is 13.2. The zero-order valence-electron chi connectivity index (χ0n) is 17.0. The molecule has 0 fully saturated rings. The van der Waals surface area contributed by atoms with Crippen LogP contribution in [0.1, 0.15) is 57.1 Å². The van der Waals surface area contributed by atoms with Gasteiger partial charge in [-0.25, -0.2) is 15.9 Å². The van der Waals surface area contributed by atoms with E-state index in [9.17, 15) is 14.4 Å². The van der Waals surface area contributed by atoms with Gasteiger partial charge >= 0.3 is 6.09 Å². The Kier molecular flexibility index (Phi) is 6.08. The zero-order chi connectivity index (χ0) is 21.1. The van der Waals surface area contributed by atoms with Gasteiger partial charge in [0.1, 0.15) is 11.9 Å². The summed E-state index contributed by atoms with van der Waals surface area (Å²) in [4.78, 5) is 40.9. The van der Waals surface area contributed by atoms with Gasteiger partial charge in [-0.1, -0.05) is 32.0 Å². The highest BCUT2D eigenvalue weighted by Gasteiger charge is 2.32. The van der Waals surface area contributed by atoms with Crippen LogP contribution in [0.15, 0.2) is 24.3 Å². The first kappa shape index (κ1) is 21.4. The van der Waals surface area contributed by atoms with Gasteiger partial charge in [-0.15, -0.1) is 0 Å². The highest BCUT2D eigenvalue weighted by Crippen LogP contribution is 2.31. The molecule has 0 aliphatic carbocycles. The van der Waals surface area contributed by atoms with Crippen molar-refractivity contribution in [1.29, 1.82) is 0 Å². The molecule has 0 amide bonds. The highest BCUT2D eigenvalue weighted by atomic mass is 16.6. The second kappa shape index (κ2) is 7.97. The first-order valence-electron chi connectivity index (χ1n) is 9.19. The molecule has 2 aromatic rings. The van der Waals surface area contributed by atoms with Crippen molar-refractivity contribution < 1.29 is 19.1 Å². The normalized spacial score (nSPS) is 11.9. The molecule has 1 heterocycles. The van der Waals surface area contributed by atoms with E-state index in [1.54, 1.807) is 46.8 Å². The van der Waals surface area contributed by atoms with Gasteiger partial charge in [-0.3, -0.25) is 4.79 Å². The van der Waals surface area contributed by atoms with Gasteiger partial charge in [0.2, 0.25) is 6.54 Å². The number of hydrogen-bond donors (Lipinski definition) is 0. The Morgan fingerprint density at radius 3 is 2.39 bits per heavy atom. The fourth-order valence-electron chi connectivity index (χ4n) is 3.06. The number of rotatable bonds is 6. The molecule has 0 spiro atoms. The lowest BCUT2D eigenvalue weighted by Crippen LogP contribution is -2.30. The number of carbonyl (C=O) groups excluding carboxylic acids is 3. The summed E-state index contributed by atoms with van der Waals surface area (Å²) in [6.07, 6.45) is 0.387. The molecule has 0 atom stereocenters. The summed E-state index contributed by atoms with van der Waals surface area (Å²) in [7, 11) is 0. The van der Waals surface area contributed by atoms with E-state index < -0.39 is 17.1 Å². The maximum Gasteiger partial charge on any atom is 0.419 e. The average Bonchev–Trinajstić information content (AvgIpc) is 2.92. The summed E-state index contributed by atoms with van der Waals surface area (Å²) in [5.41, 5.74) is -0.188. The van der Waals surface area contributed by atoms with Crippen molar-refractivity contribution in [2.45, 2.75) is 53.1 Å². The minimum atomic E-state index is -0.858. The lowest BCUT2D eigenvalue weighted by atomic mass is 9.87. The Balaban J connectivity index is 2.74. The molecule has 0 radical (unpaired) electrons. The number of ether oxygens (including phenoxy) is 1. The Morgan fingerprint density at radius 1 is 1.18 bits per heavy atom. The van der Waals surface area contributed by atoms with Crippen LogP contribution in [-0.2, 0) is 16.0 Å². The third kappa shape index (κ3) is 4.66. The second-order valence-electron chi connectivity index (χ2n) is 8.50. The number of para-hydroxylation sites is 1. The summed E-state index contributed by atoms with van der Waals surface area (Å²) in [5, 5.41) is 0.740. The van der Waals surface area contributed by atoms with Crippen molar-refractivity contribution >= 4 is 29.1 Å². The molecule has 0 saturated carbocycles. The van der Waals surface area contributed by atoms with Crippen LogP contribution in [0.4, 0.5) is 4.79 Å². The van der Waals surface area contributed by atoms with Gasteiger partial charge in [0.25, 0.3) is 0 Å². The summed E-state index contributed by atoms with van der Waals surface area (Å²) < 4.78 is 6.83. The fourth-order valence-corrected chi connectivity index (χ4v) is 3.06. The largest absolute Gasteiger partial charge is 0.443 e. The van der Waals surface area contributed by atoms with Gasteiger partial charge in [0, 0.05) is 23.6 Å². The second-order valence-corrected chi connectivity index (χ2v) is 8.50. The molecular weight excluding hydrogens is 356 g/mol. The van der Waals surface area contributed by atoms with Gasteiger partial charge in [0.15, 0.2) is 5.78 Å². The molecule has 0 saturated heterocycles. The van der Waals surface area contributed by atoms with Crippen LogP contribution < -0.4 is 0 Å². The third-order valence-corrected chi connectivity index (χ3v) is 4.23. The Morgan fingerprint density at radius 2 is 1.82 bits per heavy atom. The summed E-state index contributed by atoms with van der Waals surface area (Å²) in [6.45, 7) is 15.9. The molecule has 148 valence electrons. The van der Waals surface area contributed by atoms with E-state index >= 15 is 0 Å². The number of hydrogen-bond acceptors (Lipinski definition) is 4. The SMILES string of the molecule is [C-]#[N+]CCc1c(C(=O)CC(C)(C)C=O)n(C(=O)OC(C)(C)C)c2ccccc12. The number of benzene rings is 1. The molecule has 0 N–H and O–H groups in total. The molecule has 1 aromatic carbocycles. The molecule has 2 rings (SSSR count). The van der Waals surface area contributed by atoms with E-state index in [2.05, 4.69) is 4.85 Å². The Hall–Kier alpha value is -2.94. The molecule has 0 unspecified atom stereocenters. The predicted octanol–water partition coefficient (Wildman–Crippen LogP) is 4.68. The average molecular weight is 382 g/mol. The number of ketones is 1. The van der Waals surface area contributed by atoms with Crippen molar-refractivity contribution in [3.05, 3.63) is 46.9 Å². The van der Waals surface area contributed by atoms with E-state index in [1.165, 1.54) is 4.57 Å². The lowest BCUT2D eigenvalue weighted by molar-refractivity contribution is -0.114. The number of Topliss-reactive ketones (excluding diaryl/α,β-unsaturated/α-hetero) is 1. The quantitative estimate of drug-likeness (QED) is 0.413. The van der Waals surface area contributed by atoms with Crippen LogP contribution in [-0.4, -0.2) is 34.9 Å². The molecule has 0 aliphatic heterocycles. The maximum absolute atomic E-state index is 13.2. The number of nitrogens with zero attached hydrogens (tertiary/aromatic N) is 2. The number of aldehydes is 1. The van der Waals surface area contributed by atoms with E-state index in [4.69, 9.17) is 11.3 Å². The van der Waals surface area contributed by atoms with E-state index in [0.717, 1.165) is 11.7 Å². The highest BCUT2D eigenvalue weighted by molar-refractivity contribution is 6.08. The number of fused-ring (bicyclic) bond motifs is 1. The van der Waals surface area contributed by atoms with E-state index in [1.807, 2.05) is 12.1 Å². The summed E-state index contributed by atoms with van der Waals surface area (Å²) >= 11 is 0. The molecule has 6 heteroatoms. The van der Waals surface area contributed by atoms with Gasteiger partial charge in [0.05, 0.1) is 11.2 Å². The third-order valence-electron chi connectivity index (χ3n) is 4.23. The molecule has 6 nitrogen and oxygen atoms in total. The van der Waals surface area contributed by atoms with Crippen molar-refractivity contribution in [2.24, 2.45) is 5.41 Å². The van der Waals surface area contributed by atoms with Crippen LogP contribution in [0.2, 0.25) is 0 Å². The van der Waals surface area contributed by atoms with Crippen LogP contribution in [0.25, 0.3) is 15.7 Å². The van der Waals surface area contributed by atoms with Crippen LogP contribution in [0.3, 0.4) is 0 Å². The van der Waals surface area contributed by atoms with Gasteiger partial charge in [-0.2, -0.15) is 0 Å². The van der Waals surface area contributed by atoms with Crippen LogP contribution in [0.5, 0.6) is 0 Å². The Bertz CT molecular complexity index is 955. The topological polar surface area (TPSA) is 69.7 Å². The minimum absolute atomic E-state index is 0.0410. The summed E-state index contributed by atoms with van der Waals surface area (Å²) in [5.74, 6) is -0.320. The number of carbonyl (C=O) groups is 3. The molecule has 0 bridgehead atoms. The molecule has 1 aromatic heterocycles. The summed E-state index contributed by atoms with van der Waals surface area (Å²) in [6, 6.07) is 7.19. The molecular formula is C22H26N2O4. The van der Waals surface area contributed by atoms with Gasteiger partial charge in [-0.05, 0) is 32.4 Å². The smallest absolute Gasteiger partial charge is 0.419 e. The minimum Gasteiger partial charge on any atom is -0.443 e. The van der Waals surface area contributed by atoms with Crippen molar-refractivity contribution in [2.75, 3.05) is 6.54 Å². The van der Waals surface area contributed by atoms with E-state index in [-0.39, 0.29) is 24.4 Å². The van der Waals surface area contributed by atoms with Crippen molar-refractivity contribution in [3.63, 3.8) is 0 Å². The lowest BCUT2D eigenvalue weighted by Gasteiger charge is -2.22. The van der Waals surface area contributed by atoms with Crippen LogP contribution in [0, 0.1) is 12.0 Å². The van der Waals surface area contributed by atoms with Gasteiger partial charge < -0.3 is 14.4 Å². The molecule has 28 heavy (non-hydrogen) atoms. The first-order valence-corrected chi connectivity index (χ1v) is 9.19. The predicted molar refractivity (Wildman–Crippen MR) is 108 cm³/mol. The first-order chi connectivity index (χ1) is 13.0. The monoisotopic (exact) mass is 382 g/mol. The van der Waals surface area contributed by atoms with Crippen molar-refractivity contribution in [1.82, 2.24) is 4.57 Å².